The summed E-state index contributed by atoms with van der Waals surface area (Å²) in [5, 5.41) is 7.94. The van der Waals surface area contributed by atoms with Gasteiger partial charge in [0.1, 0.15) is 5.69 Å². The summed E-state index contributed by atoms with van der Waals surface area (Å²) in [6, 6.07) is 0.0516. The first-order valence-electron chi connectivity index (χ1n) is 7.26. The minimum Gasteiger partial charge on any atom is -0.379 e. The molecule has 1 saturated heterocycles. The summed E-state index contributed by atoms with van der Waals surface area (Å²) in [7, 11) is 3.97. The van der Waals surface area contributed by atoms with E-state index in [1.54, 1.807) is 10.9 Å². The highest BCUT2D eigenvalue weighted by Crippen LogP contribution is 2.24. The third-order valence-corrected chi connectivity index (χ3v) is 3.95. The van der Waals surface area contributed by atoms with E-state index in [2.05, 4.69) is 10.4 Å². The number of hydrogen-bond acceptors (Lipinski definition) is 5. The molecule has 2 atom stereocenters. The van der Waals surface area contributed by atoms with Crippen LogP contribution in [0.3, 0.4) is 0 Å². The maximum absolute atomic E-state index is 12.8. The highest BCUT2D eigenvalue weighted by Gasteiger charge is 2.36. The lowest BCUT2D eigenvalue weighted by molar-refractivity contribution is 0.0880. The van der Waals surface area contributed by atoms with Crippen LogP contribution in [0.1, 0.15) is 17.4 Å². The number of ether oxygens (including phenoxy) is 1. The molecule has 1 aliphatic heterocycles. The van der Waals surface area contributed by atoms with Crippen LogP contribution < -0.4 is 5.32 Å². The number of nitrogens with one attached hydrogen (secondary N) is 1. The summed E-state index contributed by atoms with van der Waals surface area (Å²) in [5.74, 6) is -0.183. The molecule has 0 bridgehead atoms. The van der Waals surface area contributed by atoms with E-state index in [4.69, 9.17) is 16.3 Å². The van der Waals surface area contributed by atoms with E-state index < -0.39 is 0 Å². The summed E-state index contributed by atoms with van der Waals surface area (Å²) in [6.45, 7) is 5.27. The van der Waals surface area contributed by atoms with E-state index in [1.165, 1.54) is 0 Å². The summed E-state index contributed by atoms with van der Waals surface area (Å²) in [6.07, 6.45) is 1.54. The molecule has 6 nitrogen and oxygen atoms in total. The van der Waals surface area contributed by atoms with E-state index in [-0.39, 0.29) is 17.7 Å². The number of nitrogens with zero attached hydrogens (tertiary/aromatic N) is 3. The van der Waals surface area contributed by atoms with Crippen molar-refractivity contribution in [3.63, 3.8) is 0 Å². The standard InChI is InChI=1S/C14H23ClN4O2/c1-4-16-12-9-21-8-10(12)14(20)13-11(15)7-17-19(13)6-5-18(2)3/h7,10,12,16H,4-6,8-9H2,1-3H3. The summed E-state index contributed by atoms with van der Waals surface area (Å²) in [5.41, 5.74) is 0.497. The average Bonchev–Trinajstić information content (AvgIpc) is 3.03. The number of likely N-dealkylation sites (N-methyl/N-ethyl adjacent to an activating group) is 2. The lowest BCUT2D eigenvalue weighted by Gasteiger charge is -2.18. The average molecular weight is 315 g/mol. The van der Waals surface area contributed by atoms with Gasteiger partial charge in [0, 0.05) is 12.6 Å². The normalized spacial score (nSPS) is 22.1. The highest BCUT2D eigenvalue weighted by atomic mass is 35.5. The molecule has 1 N–H and O–H groups in total. The number of hydrogen-bond donors (Lipinski definition) is 1. The van der Waals surface area contributed by atoms with E-state index in [9.17, 15) is 4.79 Å². The Labute approximate surface area is 130 Å². The fraction of sp³-hybridized carbons (Fsp3) is 0.714. The van der Waals surface area contributed by atoms with Gasteiger partial charge in [-0.05, 0) is 20.6 Å². The quantitative estimate of drug-likeness (QED) is 0.758. The first-order valence-corrected chi connectivity index (χ1v) is 7.63. The smallest absolute Gasteiger partial charge is 0.189 e. The van der Waals surface area contributed by atoms with Crippen LogP contribution in [-0.4, -0.2) is 66.9 Å². The van der Waals surface area contributed by atoms with Crippen molar-refractivity contribution < 1.29 is 9.53 Å². The molecule has 0 radical (unpaired) electrons. The SMILES string of the molecule is CCNC1COCC1C(=O)c1c(Cl)cnn1CCN(C)C. The van der Waals surface area contributed by atoms with Gasteiger partial charge in [-0.25, -0.2) is 0 Å². The predicted octanol–water partition coefficient (Wildman–Crippen LogP) is 0.905. The molecule has 2 heterocycles. The van der Waals surface area contributed by atoms with Crippen LogP contribution >= 0.6 is 11.6 Å². The molecule has 0 aliphatic carbocycles. The topological polar surface area (TPSA) is 59.4 Å². The Morgan fingerprint density at radius 1 is 1.57 bits per heavy atom. The highest BCUT2D eigenvalue weighted by molar-refractivity contribution is 6.33. The molecular formula is C14H23ClN4O2. The van der Waals surface area contributed by atoms with Crippen molar-refractivity contribution in [3.05, 3.63) is 16.9 Å². The van der Waals surface area contributed by atoms with E-state index in [1.807, 2.05) is 25.9 Å². The van der Waals surface area contributed by atoms with Crippen molar-refractivity contribution in [1.29, 1.82) is 0 Å². The number of ketones is 1. The zero-order valence-corrected chi connectivity index (χ0v) is 13.6. The zero-order valence-electron chi connectivity index (χ0n) is 12.8. The lowest BCUT2D eigenvalue weighted by Crippen LogP contribution is -2.40. The van der Waals surface area contributed by atoms with Gasteiger partial charge >= 0.3 is 0 Å². The second-order valence-electron chi connectivity index (χ2n) is 5.54. The molecule has 0 saturated carbocycles. The van der Waals surface area contributed by atoms with Crippen LogP contribution in [-0.2, 0) is 11.3 Å². The van der Waals surface area contributed by atoms with Gasteiger partial charge in [-0.1, -0.05) is 18.5 Å². The number of halogens is 1. The Balaban J connectivity index is 2.16. The van der Waals surface area contributed by atoms with Gasteiger partial charge in [0.15, 0.2) is 5.78 Å². The number of carbonyl (C=O) groups is 1. The molecule has 7 heteroatoms. The zero-order chi connectivity index (χ0) is 15.4. The molecule has 0 amide bonds. The Bertz CT molecular complexity index is 489. The maximum atomic E-state index is 12.8. The number of carbonyl (C=O) groups excluding carboxylic acids is 1. The third kappa shape index (κ3) is 3.83. The van der Waals surface area contributed by atoms with Crippen LogP contribution in [0.25, 0.3) is 0 Å². The Morgan fingerprint density at radius 2 is 2.33 bits per heavy atom. The van der Waals surface area contributed by atoms with Crippen molar-refractivity contribution in [2.24, 2.45) is 5.92 Å². The first kappa shape index (κ1) is 16.4. The van der Waals surface area contributed by atoms with Gasteiger partial charge in [0.25, 0.3) is 0 Å². The van der Waals surface area contributed by atoms with Crippen molar-refractivity contribution in [1.82, 2.24) is 20.0 Å². The fourth-order valence-electron chi connectivity index (χ4n) is 2.52. The minimum absolute atomic E-state index is 0.0136. The maximum Gasteiger partial charge on any atom is 0.189 e. The van der Waals surface area contributed by atoms with Gasteiger partial charge in [-0.2, -0.15) is 5.10 Å². The van der Waals surface area contributed by atoms with Crippen molar-refractivity contribution in [3.8, 4) is 0 Å². The van der Waals surface area contributed by atoms with Crippen LogP contribution in [0.4, 0.5) is 0 Å². The molecule has 0 spiro atoms. The van der Waals surface area contributed by atoms with E-state index in [0.717, 1.165) is 13.1 Å². The Hall–Kier alpha value is -0.950. The Kier molecular flexibility index (Phi) is 5.75. The van der Waals surface area contributed by atoms with Gasteiger partial charge in [-0.15, -0.1) is 0 Å². The van der Waals surface area contributed by atoms with E-state index in [0.29, 0.717) is 30.5 Å². The molecule has 118 valence electrons. The van der Waals surface area contributed by atoms with E-state index >= 15 is 0 Å². The Morgan fingerprint density at radius 3 is 3.00 bits per heavy atom. The molecule has 1 aliphatic rings. The van der Waals surface area contributed by atoms with Crippen molar-refractivity contribution in [2.75, 3.05) is 40.4 Å². The molecular weight excluding hydrogens is 292 g/mol. The third-order valence-electron chi connectivity index (χ3n) is 3.67. The summed E-state index contributed by atoms with van der Waals surface area (Å²) >= 11 is 6.18. The molecule has 1 aromatic heterocycles. The second-order valence-corrected chi connectivity index (χ2v) is 5.95. The number of aromatic nitrogens is 2. The largest absolute Gasteiger partial charge is 0.379 e. The lowest BCUT2D eigenvalue weighted by atomic mass is 9.96. The minimum atomic E-state index is -0.197. The molecule has 1 fully saturated rings. The van der Waals surface area contributed by atoms with Gasteiger partial charge in [0.05, 0.1) is 36.9 Å². The predicted molar refractivity (Wildman–Crippen MR) is 81.9 cm³/mol. The monoisotopic (exact) mass is 314 g/mol. The van der Waals surface area contributed by atoms with Gasteiger partial charge < -0.3 is 15.0 Å². The summed E-state index contributed by atoms with van der Waals surface area (Å²) in [4.78, 5) is 14.8. The second kappa shape index (κ2) is 7.35. The van der Waals surface area contributed by atoms with Crippen molar-refractivity contribution >= 4 is 17.4 Å². The van der Waals surface area contributed by atoms with Crippen LogP contribution in [0, 0.1) is 5.92 Å². The van der Waals surface area contributed by atoms with Gasteiger partial charge in [-0.3, -0.25) is 9.48 Å². The number of rotatable bonds is 7. The summed E-state index contributed by atoms with van der Waals surface area (Å²) < 4.78 is 7.16. The molecule has 0 aromatic carbocycles. The van der Waals surface area contributed by atoms with Crippen molar-refractivity contribution in [2.45, 2.75) is 19.5 Å². The van der Waals surface area contributed by atoms with Crippen LogP contribution in [0.2, 0.25) is 5.02 Å². The number of Topliss-reactive ketones (excluding diaryl/α,β-unsaturated/α-hetero) is 1. The fourth-order valence-corrected chi connectivity index (χ4v) is 2.76. The molecule has 21 heavy (non-hydrogen) atoms. The first-order chi connectivity index (χ1) is 10.0. The van der Waals surface area contributed by atoms with Gasteiger partial charge in [0.2, 0.25) is 0 Å². The molecule has 2 unspecified atom stereocenters. The molecule has 2 rings (SSSR count). The van der Waals surface area contributed by atoms with Crippen LogP contribution in [0.15, 0.2) is 6.20 Å². The van der Waals surface area contributed by atoms with Crippen LogP contribution in [0.5, 0.6) is 0 Å². The molecule has 1 aromatic rings.